The van der Waals surface area contributed by atoms with Crippen LogP contribution < -0.4 is 11.1 Å². The molecule has 2 rings (SSSR count). The van der Waals surface area contributed by atoms with Crippen LogP contribution in [0.3, 0.4) is 0 Å². The Morgan fingerprint density at radius 2 is 2.00 bits per heavy atom. The second-order valence-corrected chi connectivity index (χ2v) is 4.72. The monoisotopic (exact) mass is 314 g/mol. The second-order valence-electron chi connectivity index (χ2n) is 3.45. The van der Waals surface area contributed by atoms with E-state index < -0.39 is 5.82 Å². The molecular formula is C12H9BrClFN2. The average Bonchev–Trinajstić information content (AvgIpc) is 2.30. The van der Waals surface area contributed by atoms with E-state index in [0.717, 1.165) is 10.2 Å². The standard InChI is InChI=1S/C12H9BrClFN2/c13-8-6-7(4-5-9(8)14)17-11-3-1-2-10(15)12(11)16/h1-6,17H,16H2. The molecule has 0 saturated heterocycles. The third-order valence-electron chi connectivity index (χ3n) is 2.25. The second kappa shape index (κ2) is 4.94. The molecule has 2 nitrogen and oxygen atoms in total. The van der Waals surface area contributed by atoms with Crippen molar-refractivity contribution in [1.29, 1.82) is 0 Å². The number of nitrogens with two attached hydrogens (primary N) is 1. The summed E-state index contributed by atoms with van der Waals surface area (Å²) >= 11 is 9.20. The van der Waals surface area contributed by atoms with E-state index in [1.807, 2.05) is 0 Å². The zero-order valence-electron chi connectivity index (χ0n) is 8.68. The molecule has 0 saturated carbocycles. The van der Waals surface area contributed by atoms with Crippen molar-refractivity contribution in [2.24, 2.45) is 0 Å². The van der Waals surface area contributed by atoms with Crippen molar-refractivity contribution in [3.05, 3.63) is 51.7 Å². The third kappa shape index (κ3) is 2.70. The van der Waals surface area contributed by atoms with Gasteiger partial charge < -0.3 is 11.1 Å². The number of nitrogens with one attached hydrogen (secondary N) is 1. The fourth-order valence-corrected chi connectivity index (χ4v) is 1.87. The highest BCUT2D eigenvalue weighted by atomic mass is 79.9. The topological polar surface area (TPSA) is 38.0 Å². The van der Waals surface area contributed by atoms with Gasteiger partial charge in [0.1, 0.15) is 5.82 Å². The number of hydrogen-bond donors (Lipinski definition) is 2. The molecule has 0 unspecified atom stereocenters. The highest BCUT2D eigenvalue weighted by Crippen LogP contribution is 2.29. The zero-order chi connectivity index (χ0) is 12.4. The van der Waals surface area contributed by atoms with Crippen molar-refractivity contribution < 1.29 is 4.39 Å². The molecule has 3 N–H and O–H groups in total. The minimum absolute atomic E-state index is 0.0959. The van der Waals surface area contributed by atoms with E-state index in [2.05, 4.69) is 21.2 Å². The Bertz CT molecular complexity index is 560. The van der Waals surface area contributed by atoms with Crippen molar-refractivity contribution in [2.75, 3.05) is 11.1 Å². The van der Waals surface area contributed by atoms with Gasteiger partial charge in [-0.25, -0.2) is 4.39 Å². The van der Waals surface area contributed by atoms with Gasteiger partial charge in [-0.3, -0.25) is 0 Å². The van der Waals surface area contributed by atoms with Gasteiger partial charge in [0.25, 0.3) is 0 Å². The van der Waals surface area contributed by atoms with Crippen LogP contribution in [0.2, 0.25) is 5.02 Å². The molecule has 5 heteroatoms. The minimum atomic E-state index is -0.442. The first-order valence-corrected chi connectivity index (χ1v) is 6.01. The summed E-state index contributed by atoms with van der Waals surface area (Å²) in [6.45, 7) is 0. The minimum Gasteiger partial charge on any atom is -0.395 e. The Kier molecular flexibility index (Phi) is 3.54. The first-order chi connectivity index (χ1) is 8.08. The lowest BCUT2D eigenvalue weighted by atomic mass is 10.2. The van der Waals surface area contributed by atoms with E-state index in [1.54, 1.807) is 30.3 Å². The molecule has 17 heavy (non-hydrogen) atoms. The van der Waals surface area contributed by atoms with Crippen LogP contribution in [0, 0.1) is 5.82 Å². The normalized spacial score (nSPS) is 10.3. The summed E-state index contributed by atoms with van der Waals surface area (Å²) in [4.78, 5) is 0. The van der Waals surface area contributed by atoms with E-state index in [4.69, 9.17) is 17.3 Å². The Morgan fingerprint density at radius 3 is 2.71 bits per heavy atom. The van der Waals surface area contributed by atoms with Crippen LogP contribution in [-0.4, -0.2) is 0 Å². The van der Waals surface area contributed by atoms with Crippen molar-refractivity contribution in [1.82, 2.24) is 0 Å². The predicted molar refractivity (Wildman–Crippen MR) is 73.2 cm³/mol. The highest BCUT2D eigenvalue weighted by Gasteiger charge is 2.05. The molecule has 0 bridgehead atoms. The maximum atomic E-state index is 13.2. The highest BCUT2D eigenvalue weighted by molar-refractivity contribution is 9.10. The lowest BCUT2D eigenvalue weighted by Gasteiger charge is -2.10. The molecule has 0 amide bonds. The lowest BCUT2D eigenvalue weighted by molar-refractivity contribution is 0.633. The van der Waals surface area contributed by atoms with Crippen LogP contribution in [0.25, 0.3) is 0 Å². The summed E-state index contributed by atoms with van der Waals surface area (Å²) < 4.78 is 14.0. The molecule has 0 spiro atoms. The van der Waals surface area contributed by atoms with Gasteiger partial charge in [0, 0.05) is 10.2 Å². The first-order valence-electron chi connectivity index (χ1n) is 4.84. The van der Waals surface area contributed by atoms with Crippen LogP contribution in [-0.2, 0) is 0 Å². The molecule has 0 atom stereocenters. The van der Waals surface area contributed by atoms with E-state index in [9.17, 15) is 4.39 Å². The molecule has 2 aromatic rings. The van der Waals surface area contributed by atoms with E-state index in [1.165, 1.54) is 6.07 Å². The SMILES string of the molecule is Nc1c(F)cccc1Nc1ccc(Cl)c(Br)c1. The van der Waals surface area contributed by atoms with E-state index in [-0.39, 0.29) is 5.69 Å². The van der Waals surface area contributed by atoms with Gasteiger partial charge in [-0.15, -0.1) is 0 Å². The van der Waals surface area contributed by atoms with Gasteiger partial charge in [0.2, 0.25) is 0 Å². The zero-order valence-corrected chi connectivity index (χ0v) is 11.0. The smallest absolute Gasteiger partial charge is 0.148 e. The van der Waals surface area contributed by atoms with Crippen LogP contribution in [0.1, 0.15) is 0 Å². The van der Waals surface area contributed by atoms with Crippen LogP contribution in [0.15, 0.2) is 40.9 Å². The largest absolute Gasteiger partial charge is 0.395 e. The summed E-state index contributed by atoms with van der Waals surface area (Å²) in [7, 11) is 0. The average molecular weight is 316 g/mol. The summed E-state index contributed by atoms with van der Waals surface area (Å²) in [5, 5.41) is 3.64. The van der Waals surface area contributed by atoms with Crippen molar-refractivity contribution in [3.8, 4) is 0 Å². The molecule has 0 aliphatic heterocycles. The molecule has 0 radical (unpaired) electrons. The van der Waals surface area contributed by atoms with Crippen LogP contribution in [0.5, 0.6) is 0 Å². The van der Waals surface area contributed by atoms with Crippen LogP contribution >= 0.6 is 27.5 Å². The van der Waals surface area contributed by atoms with Crippen molar-refractivity contribution in [2.45, 2.75) is 0 Å². The molecule has 0 aliphatic carbocycles. The van der Waals surface area contributed by atoms with E-state index in [0.29, 0.717) is 10.7 Å². The molecular weight excluding hydrogens is 307 g/mol. The van der Waals surface area contributed by atoms with Gasteiger partial charge in [-0.2, -0.15) is 0 Å². The number of benzene rings is 2. The van der Waals surface area contributed by atoms with Gasteiger partial charge in [0.15, 0.2) is 0 Å². The molecule has 0 fully saturated rings. The van der Waals surface area contributed by atoms with Crippen LogP contribution in [0.4, 0.5) is 21.5 Å². The number of hydrogen-bond acceptors (Lipinski definition) is 2. The third-order valence-corrected chi connectivity index (χ3v) is 3.47. The van der Waals surface area contributed by atoms with Gasteiger partial charge >= 0.3 is 0 Å². The van der Waals surface area contributed by atoms with E-state index >= 15 is 0 Å². The quantitative estimate of drug-likeness (QED) is 0.797. The summed E-state index contributed by atoms with van der Waals surface area (Å²) in [5.41, 5.74) is 7.02. The summed E-state index contributed by atoms with van der Waals surface area (Å²) in [6, 6.07) is 9.95. The number of para-hydroxylation sites is 1. The first kappa shape index (κ1) is 12.2. The number of anilines is 3. The van der Waals surface area contributed by atoms with Crippen molar-refractivity contribution in [3.63, 3.8) is 0 Å². The predicted octanol–water partition coefficient (Wildman–Crippen LogP) is 4.57. The molecule has 0 aromatic heterocycles. The Hall–Kier alpha value is -1.26. The maximum absolute atomic E-state index is 13.2. The molecule has 0 aliphatic rings. The van der Waals surface area contributed by atoms with Gasteiger partial charge in [0.05, 0.1) is 16.4 Å². The molecule has 88 valence electrons. The van der Waals surface area contributed by atoms with Gasteiger partial charge in [-0.1, -0.05) is 17.7 Å². The summed E-state index contributed by atoms with van der Waals surface area (Å²) in [6.07, 6.45) is 0. The number of rotatable bonds is 2. The molecule has 2 aromatic carbocycles. The Balaban J connectivity index is 2.31. The van der Waals surface area contributed by atoms with Crippen molar-refractivity contribution >= 4 is 44.6 Å². The number of nitrogen functional groups attached to an aromatic ring is 1. The fraction of sp³-hybridized carbons (Fsp3) is 0. The van der Waals surface area contributed by atoms with Gasteiger partial charge in [-0.05, 0) is 46.3 Å². The fourth-order valence-electron chi connectivity index (χ4n) is 1.38. The Labute approximate surface area is 112 Å². The molecule has 0 heterocycles. The number of halogens is 3. The summed E-state index contributed by atoms with van der Waals surface area (Å²) in [5.74, 6) is -0.442. The maximum Gasteiger partial charge on any atom is 0.148 e. The Morgan fingerprint density at radius 1 is 1.24 bits per heavy atom. The lowest BCUT2D eigenvalue weighted by Crippen LogP contribution is -1.98.